The van der Waals surface area contributed by atoms with Crippen molar-refractivity contribution >= 4 is 101 Å². The molecule has 4 nitrogen and oxygen atoms in total. The fourth-order valence-corrected chi connectivity index (χ4v) is 20.0. The summed E-state index contributed by atoms with van der Waals surface area (Å²) in [5, 5.41) is 5.07. The molecule has 0 fully saturated rings. The molecule has 4 heterocycles. The molecule has 13 aromatic carbocycles. The summed E-state index contributed by atoms with van der Waals surface area (Å²) in [6, 6.07) is 98.5. The predicted molar refractivity (Wildman–Crippen MR) is 557 cm³/mol. The molecular weight excluding hydrogens is 1530 g/mol. The Bertz CT molecular complexity index is 6340. The molecule has 0 saturated heterocycles. The third-order valence-electron chi connectivity index (χ3n) is 27.9. The van der Waals surface area contributed by atoms with Crippen molar-refractivity contribution in [3.8, 4) is 55.9 Å². The first-order valence-electron chi connectivity index (χ1n) is 47.0. The van der Waals surface area contributed by atoms with E-state index in [0.29, 0.717) is 0 Å². The van der Waals surface area contributed by atoms with E-state index in [1.165, 1.54) is 177 Å². The largest absolute Gasteiger partial charge is 0.311 e. The van der Waals surface area contributed by atoms with Gasteiger partial charge in [-0.3, -0.25) is 0 Å². The van der Waals surface area contributed by atoms with Gasteiger partial charge in [0.15, 0.2) is 0 Å². The van der Waals surface area contributed by atoms with Gasteiger partial charge >= 0.3 is 0 Å². The van der Waals surface area contributed by atoms with E-state index in [9.17, 15) is 0 Å². The summed E-state index contributed by atoms with van der Waals surface area (Å²) in [5.74, 6) is 0. The third kappa shape index (κ3) is 15.8. The third-order valence-corrected chi connectivity index (χ3v) is 27.9. The van der Waals surface area contributed by atoms with E-state index in [4.69, 9.17) is 0 Å². The van der Waals surface area contributed by atoms with E-state index in [0.717, 1.165) is 34.1 Å². The Morgan fingerprint density at radius 3 is 0.740 bits per heavy atom. The first-order valence-corrected chi connectivity index (χ1v) is 47.0. The molecule has 2 aliphatic heterocycles. The second-order valence-electron chi connectivity index (χ2n) is 49.0. The van der Waals surface area contributed by atoms with E-state index >= 15 is 0 Å². The van der Waals surface area contributed by atoms with Gasteiger partial charge in [-0.15, -0.1) is 0 Å². The van der Waals surface area contributed by atoms with Crippen molar-refractivity contribution in [2.75, 3.05) is 9.80 Å². The van der Waals surface area contributed by atoms with Crippen molar-refractivity contribution < 1.29 is 0 Å². The van der Waals surface area contributed by atoms with E-state index in [-0.39, 0.29) is 66.3 Å². The zero-order chi connectivity index (χ0) is 91.6. The maximum Gasteiger partial charge on any atom is 0.252 e. The van der Waals surface area contributed by atoms with Gasteiger partial charge in [-0.1, -0.05) is 374 Å². The number of fused-ring (bicyclic) bond motifs is 10. The van der Waals surface area contributed by atoms with Gasteiger partial charge in [0, 0.05) is 66.8 Å². The van der Waals surface area contributed by atoms with Crippen LogP contribution in [0.15, 0.2) is 243 Å². The molecule has 0 amide bonds. The van der Waals surface area contributed by atoms with Crippen molar-refractivity contribution in [2.24, 2.45) is 0 Å². The summed E-state index contributed by atoms with van der Waals surface area (Å²) in [6.45, 7) is 78.1. The molecule has 0 spiro atoms. The Labute approximate surface area is 762 Å². The van der Waals surface area contributed by atoms with Crippen molar-refractivity contribution in [2.45, 2.75) is 288 Å². The fourth-order valence-electron chi connectivity index (χ4n) is 20.0. The number of hydrogen-bond donors (Lipinski definition) is 0. The lowest BCUT2D eigenvalue weighted by Crippen LogP contribution is -2.61. The Kier molecular flexibility index (Phi) is 20.7. The van der Waals surface area contributed by atoms with Crippen LogP contribution in [0, 0.1) is 0 Å². The SMILES string of the molecule is CC(C)(C)c1cc(-c2ccc(-c3ccccc3C(C)(C)C)c(N3c4cc(-n5c6ccc(C(C)(C)C)cc6c6cc(C(C)(C)C)ccc65)ccc4B4c5ccc(-n6c7ccc(C(C)(C)C)cc7c7cc(C(C)(C)C)ccc76)cc5N(c5cc(-c6cc(C(C)(C)C)cc(C(C)(C)C)c6)ccc5-c5ccccc5C(C)(C)C)c5cc(C(C)(C)C)cc3c54)c2)cc(C(C)(C)C)c1. The molecule has 0 radical (unpaired) electrons. The molecule has 0 aliphatic carbocycles. The van der Waals surface area contributed by atoms with Gasteiger partial charge in [-0.2, -0.15) is 0 Å². The van der Waals surface area contributed by atoms with Crippen LogP contribution in [-0.2, 0) is 59.6 Å². The maximum absolute atomic E-state index is 2.79. The first kappa shape index (κ1) is 88.2. The summed E-state index contributed by atoms with van der Waals surface area (Å²) >= 11 is 0. The van der Waals surface area contributed by atoms with Crippen LogP contribution < -0.4 is 26.2 Å². The number of benzene rings is 13. The highest BCUT2D eigenvalue weighted by Gasteiger charge is 2.47. The van der Waals surface area contributed by atoms with E-state index < -0.39 is 0 Å². The molecule has 127 heavy (non-hydrogen) atoms. The van der Waals surface area contributed by atoms with Crippen LogP contribution in [-0.4, -0.2) is 15.8 Å². The topological polar surface area (TPSA) is 16.3 Å². The van der Waals surface area contributed by atoms with Gasteiger partial charge in [0.25, 0.3) is 6.71 Å². The molecule has 5 heteroatoms. The summed E-state index contributed by atoms with van der Waals surface area (Å²) in [7, 11) is 0. The van der Waals surface area contributed by atoms with Crippen LogP contribution in [0.5, 0.6) is 0 Å². The Morgan fingerprint density at radius 1 is 0.189 bits per heavy atom. The summed E-state index contributed by atoms with van der Waals surface area (Å²) in [6.07, 6.45) is 0. The highest BCUT2D eigenvalue weighted by atomic mass is 15.2. The van der Waals surface area contributed by atoms with Crippen molar-refractivity contribution in [3.05, 3.63) is 304 Å². The average molecular weight is 1670 g/mol. The smallest absolute Gasteiger partial charge is 0.252 e. The minimum atomic E-state index is -0.370. The highest BCUT2D eigenvalue weighted by Crippen LogP contribution is 2.55. The van der Waals surface area contributed by atoms with Crippen LogP contribution in [0.25, 0.3) is 99.5 Å². The van der Waals surface area contributed by atoms with Crippen LogP contribution in [0.1, 0.15) is 290 Å². The lowest BCUT2D eigenvalue weighted by atomic mass is 9.33. The van der Waals surface area contributed by atoms with Crippen molar-refractivity contribution in [1.29, 1.82) is 0 Å². The lowest BCUT2D eigenvalue weighted by Gasteiger charge is -2.46. The van der Waals surface area contributed by atoms with Crippen LogP contribution >= 0.6 is 0 Å². The zero-order valence-electron chi connectivity index (χ0n) is 83.0. The van der Waals surface area contributed by atoms with E-state index in [1.807, 2.05) is 0 Å². The van der Waals surface area contributed by atoms with Gasteiger partial charge in [-0.05, 0) is 268 Å². The molecule has 0 saturated carbocycles. The van der Waals surface area contributed by atoms with E-state index in [1.54, 1.807) is 0 Å². The molecule has 0 atom stereocenters. The second-order valence-corrected chi connectivity index (χ2v) is 49.0. The summed E-state index contributed by atoms with van der Waals surface area (Å²) in [5.41, 5.74) is 40.0. The van der Waals surface area contributed by atoms with Crippen LogP contribution in [0.4, 0.5) is 34.1 Å². The summed E-state index contributed by atoms with van der Waals surface area (Å²) in [4.78, 5) is 5.57. The minimum absolute atomic E-state index is 0.0766. The van der Waals surface area contributed by atoms with Gasteiger partial charge in [0.2, 0.25) is 0 Å². The maximum atomic E-state index is 2.79. The molecule has 650 valence electrons. The Hall–Kier alpha value is -10.9. The average Bonchev–Trinajstić information content (AvgIpc) is 1.67. The van der Waals surface area contributed by atoms with Crippen molar-refractivity contribution in [1.82, 2.24) is 9.13 Å². The van der Waals surface area contributed by atoms with Crippen LogP contribution in [0.3, 0.4) is 0 Å². The van der Waals surface area contributed by atoms with Crippen LogP contribution in [0.2, 0.25) is 0 Å². The second kappa shape index (κ2) is 29.9. The molecule has 17 rings (SSSR count). The zero-order valence-corrected chi connectivity index (χ0v) is 83.0. The molecule has 2 aromatic heterocycles. The number of aromatic nitrogens is 2. The monoisotopic (exact) mass is 1670 g/mol. The number of nitrogens with zero attached hydrogens (tertiary/aromatic N) is 4. The molecule has 0 N–H and O–H groups in total. The van der Waals surface area contributed by atoms with E-state index in [2.05, 4.69) is 490 Å². The van der Waals surface area contributed by atoms with Gasteiger partial charge in [0.05, 0.1) is 33.4 Å². The molecule has 0 bridgehead atoms. The number of hydrogen-bond acceptors (Lipinski definition) is 2. The van der Waals surface area contributed by atoms with Crippen molar-refractivity contribution in [3.63, 3.8) is 0 Å². The quantitative estimate of drug-likeness (QED) is 0.141. The first-order chi connectivity index (χ1) is 58.9. The lowest BCUT2D eigenvalue weighted by molar-refractivity contribution is 0.568. The molecule has 2 aliphatic rings. The van der Waals surface area contributed by atoms with Gasteiger partial charge in [0.1, 0.15) is 0 Å². The molecule has 0 unspecified atom stereocenters. The Balaban J connectivity index is 1.08. The van der Waals surface area contributed by atoms with Gasteiger partial charge in [-0.25, -0.2) is 0 Å². The normalized spacial score (nSPS) is 14.0. The highest BCUT2D eigenvalue weighted by molar-refractivity contribution is 7.00. The standard InChI is InChI=1S/C122H139BN4/c1-112(2,3)78-44-54-101-93(66-78)94-67-79(113(4,5)6)45-55-102(94)124(101)87-48-52-99-107(72-87)126(105-62-74(42-50-91(105)89-38-34-36-40-97(89)121(28,29)30)76-58-82(116(13,14)15)64-83(59-76)117(16,17)18)109-70-86(120(25,26)27)71-110-111(109)123(99)100-53-49-88(125-103-56-46-80(114(7,8)9)68-95(103)96-69-81(115(10,11)12)47-57-104(96)125)73-108(100)127(110)106-63-75(43-51-92(106)90-39-35-37-41-98(90)122(31,32)33)77-60-84(118(19,20)21)65-85(61-77)119(22,23)24/h34-73H,1-33H3. The molecule has 15 aromatic rings. The number of rotatable bonds is 8. The Morgan fingerprint density at radius 2 is 0.465 bits per heavy atom. The molecular formula is C122H139BN4. The summed E-state index contributed by atoms with van der Waals surface area (Å²) < 4.78 is 5.20. The number of anilines is 6. The predicted octanol–water partition coefficient (Wildman–Crippen LogP) is 32.9. The van der Waals surface area contributed by atoms with Gasteiger partial charge < -0.3 is 18.9 Å². The minimum Gasteiger partial charge on any atom is -0.311 e. The fraction of sp³-hybridized carbons (Fsp3) is 0.361.